The number of ether oxygens (including phenoxy) is 2. The van der Waals surface area contributed by atoms with Crippen LogP contribution in [0, 0.1) is 29.1 Å². The molecule has 1 amide bonds. The number of hydrogen-bond donors (Lipinski definition) is 0. The van der Waals surface area contributed by atoms with E-state index in [0.29, 0.717) is 5.75 Å². The average molecular weight is 432 g/mol. The van der Waals surface area contributed by atoms with Gasteiger partial charge in [0.05, 0.1) is 6.61 Å². The molecule has 10 heteroatoms. The molecule has 0 aliphatic carbocycles. The molecule has 0 fully saturated rings. The van der Waals surface area contributed by atoms with Crippen molar-refractivity contribution in [3.05, 3.63) is 58.9 Å². The zero-order chi connectivity index (χ0) is 22.6. The number of amides is 1. The Morgan fingerprint density at radius 1 is 0.867 bits per heavy atom. The van der Waals surface area contributed by atoms with Crippen LogP contribution in [0.1, 0.15) is 18.0 Å². The summed E-state index contributed by atoms with van der Waals surface area (Å²) in [6.07, 6.45) is -0.355. The molecule has 2 aromatic carbocycles. The molecule has 0 heterocycles. The predicted molar refractivity (Wildman–Crippen MR) is 98.9 cm³/mol. The largest absolute Gasteiger partial charge is 0.487 e. The van der Waals surface area contributed by atoms with Gasteiger partial charge >= 0.3 is 6.09 Å². The normalized spacial score (nSPS) is 12.1. The summed E-state index contributed by atoms with van der Waals surface area (Å²) >= 11 is 0. The Morgan fingerprint density at radius 2 is 1.37 bits per heavy atom. The van der Waals surface area contributed by atoms with Crippen LogP contribution in [0.3, 0.4) is 0 Å². The molecule has 0 aliphatic heterocycles. The smallest absolute Gasteiger partial charge is 0.414 e. The van der Waals surface area contributed by atoms with E-state index in [1.165, 1.54) is 4.90 Å². The molecule has 0 saturated carbocycles. The monoisotopic (exact) mass is 432 g/mol. The lowest BCUT2D eigenvalue weighted by molar-refractivity contribution is 0.172. The highest BCUT2D eigenvalue weighted by Gasteiger charge is 2.27. The highest BCUT2D eigenvalue weighted by molar-refractivity contribution is 5.69. The molecule has 0 aliphatic rings. The highest BCUT2D eigenvalue weighted by Crippen LogP contribution is 2.30. The van der Waals surface area contributed by atoms with Crippen molar-refractivity contribution in [2.24, 2.45) is 0 Å². The van der Waals surface area contributed by atoms with Gasteiger partial charge in [0.1, 0.15) is 5.75 Å². The van der Waals surface area contributed by atoms with E-state index in [0.717, 1.165) is 5.56 Å². The summed E-state index contributed by atoms with van der Waals surface area (Å²) in [4.78, 5) is 14.6. The van der Waals surface area contributed by atoms with E-state index in [-0.39, 0.29) is 19.1 Å². The summed E-state index contributed by atoms with van der Waals surface area (Å²) in [7, 11) is 6.60. The van der Waals surface area contributed by atoms with E-state index < -0.39 is 40.9 Å². The first-order chi connectivity index (χ1) is 14.0. The quantitative estimate of drug-likeness (QED) is 0.367. The molecule has 2 rings (SSSR count). The Bertz CT molecular complexity index is 875. The summed E-state index contributed by atoms with van der Waals surface area (Å²) in [5.41, 5.74) is 0.769. The fourth-order valence-electron chi connectivity index (χ4n) is 2.66. The van der Waals surface area contributed by atoms with Crippen LogP contribution < -0.4 is 9.47 Å². The van der Waals surface area contributed by atoms with Gasteiger partial charge in [0.25, 0.3) is 0 Å². The molecule has 5 nitrogen and oxygen atoms in total. The highest BCUT2D eigenvalue weighted by atomic mass is 19.2. The maximum Gasteiger partial charge on any atom is 0.414 e. The Labute approximate surface area is 170 Å². The van der Waals surface area contributed by atoms with Crippen molar-refractivity contribution in [3.8, 4) is 11.5 Å². The number of hydrogen-bond acceptors (Lipinski definition) is 4. The van der Waals surface area contributed by atoms with Crippen LogP contribution in [0.15, 0.2) is 24.3 Å². The number of benzene rings is 2. The van der Waals surface area contributed by atoms with Gasteiger partial charge in [0.2, 0.25) is 29.1 Å². The molecular formula is C20H21F5N2O3. The Kier molecular flexibility index (Phi) is 7.60. The third kappa shape index (κ3) is 5.18. The van der Waals surface area contributed by atoms with Gasteiger partial charge in [-0.05, 0) is 31.8 Å². The van der Waals surface area contributed by atoms with E-state index >= 15 is 0 Å². The second-order valence-electron chi connectivity index (χ2n) is 6.85. The summed E-state index contributed by atoms with van der Waals surface area (Å²) in [5.74, 6) is -11.4. The van der Waals surface area contributed by atoms with Crippen molar-refractivity contribution in [1.82, 2.24) is 9.80 Å². The Hall–Kier alpha value is -2.88. The van der Waals surface area contributed by atoms with Gasteiger partial charge < -0.3 is 19.3 Å². The van der Waals surface area contributed by atoms with E-state index in [1.807, 2.05) is 0 Å². The molecule has 0 bridgehead atoms. The fraction of sp³-hybridized carbons (Fsp3) is 0.350. The van der Waals surface area contributed by atoms with Gasteiger partial charge in [0.15, 0.2) is 5.75 Å². The third-order valence-electron chi connectivity index (χ3n) is 4.27. The van der Waals surface area contributed by atoms with Crippen molar-refractivity contribution in [2.45, 2.75) is 12.5 Å². The second-order valence-corrected chi connectivity index (χ2v) is 6.85. The van der Waals surface area contributed by atoms with E-state index in [9.17, 15) is 26.7 Å². The van der Waals surface area contributed by atoms with Crippen LogP contribution in [-0.4, -0.2) is 50.7 Å². The number of rotatable bonds is 7. The molecule has 1 atom stereocenters. The minimum Gasteiger partial charge on any atom is -0.487 e. The van der Waals surface area contributed by atoms with Gasteiger partial charge in [-0.15, -0.1) is 0 Å². The average Bonchev–Trinajstić information content (AvgIpc) is 2.70. The van der Waals surface area contributed by atoms with Gasteiger partial charge in [-0.25, -0.2) is 18.0 Å². The van der Waals surface area contributed by atoms with Crippen molar-refractivity contribution in [1.29, 1.82) is 0 Å². The van der Waals surface area contributed by atoms with Gasteiger partial charge in [-0.1, -0.05) is 12.1 Å². The SMILES string of the molecule is CN(C)C(=O)Oc1ccc(C(CCOc2c(F)c(F)c(F)c(F)c2F)N(C)C)cc1. The molecule has 0 radical (unpaired) electrons. The first-order valence-electron chi connectivity index (χ1n) is 8.84. The Morgan fingerprint density at radius 3 is 1.83 bits per heavy atom. The second kappa shape index (κ2) is 9.75. The van der Waals surface area contributed by atoms with Crippen LogP contribution >= 0.6 is 0 Å². The number of nitrogens with zero attached hydrogens (tertiary/aromatic N) is 2. The zero-order valence-corrected chi connectivity index (χ0v) is 16.8. The molecule has 0 N–H and O–H groups in total. The van der Waals surface area contributed by atoms with Gasteiger partial charge in [0, 0.05) is 26.6 Å². The maximum atomic E-state index is 13.7. The molecule has 0 saturated heterocycles. The number of carbonyl (C=O) groups is 1. The van der Waals surface area contributed by atoms with Gasteiger partial charge in [-0.3, -0.25) is 0 Å². The summed E-state index contributed by atoms with van der Waals surface area (Å²) in [6.45, 7) is -0.307. The lowest BCUT2D eigenvalue weighted by atomic mass is 10.0. The first-order valence-corrected chi connectivity index (χ1v) is 8.84. The molecular weight excluding hydrogens is 411 g/mol. The maximum absolute atomic E-state index is 13.7. The lowest BCUT2D eigenvalue weighted by Gasteiger charge is -2.25. The summed E-state index contributed by atoms with van der Waals surface area (Å²) in [6, 6.07) is 6.25. The van der Waals surface area contributed by atoms with Crippen molar-refractivity contribution < 1.29 is 36.2 Å². The fourth-order valence-corrected chi connectivity index (χ4v) is 2.66. The van der Waals surface area contributed by atoms with E-state index in [1.54, 1.807) is 57.4 Å². The topological polar surface area (TPSA) is 42.0 Å². The molecule has 2 aromatic rings. The van der Waals surface area contributed by atoms with Crippen molar-refractivity contribution in [3.63, 3.8) is 0 Å². The molecule has 164 valence electrons. The van der Waals surface area contributed by atoms with Crippen LogP contribution in [0.5, 0.6) is 11.5 Å². The van der Waals surface area contributed by atoms with E-state index in [4.69, 9.17) is 9.47 Å². The molecule has 0 spiro atoms. The lowest BCUT2D eigenvalue weighted by Crippen LogP contribution is -2.25. The molecule has 30 heavy (non-hydrogen) atoms. The van der Waals surface area contributed by atoms with Crippen LogP contribution in [0.25, 0.3) is 0 Å². The summed E-state index contributed by atoms with van der Waals surface area (Å²) < 4.78 is 77.1. The third-order valence-corrected chi connectivity index (χ3v) is 4.27. The van der Waals surface area contributed by atoms with Crippen molar-refractivity contribution >= 4 is 6.09 Å². The number of carbonyl (C=O) groups excluding carboxylic acids is 1. The standard InChI is InChI=1S/C20H21F5N2O3/c1-26(2)13(11-5-7-12(8-6-11)30-20(28)27(3)4)9-10-29-19-17(24)15(22)14(21)16(23)18(19)25/h5-8,13H,9-10H2,1-4H3. The van der Waals surface area contributed by atoms with Crippen molar-refractivity contribution in [2.75, 3.05) is 34.8 Å². The predicted octanol–water partition coefficient (Wildman–Crippen LogP) is 4.51. The minimum absolute atomic E-state index is 0.184. The molecule has 1 unspecified atom stereocenters. The number of halogens is 5. The van der Waals surface area contributed by atoms with Crippen LogP contribution in [-0.2, 0) is 0 Å². The first kappa shape index (κ1) is 23.4. The minimum atomic E-state index is -2.24. The van der Waals surface area contributed by atoms with Crippen LogP contribution in [0.2, 0.25) is 0 Å². The van der Waals surface area contributed by atoms with Crippen LogP contribution in [0.4, 0.5) is 26.7 Å². The zero-order valence-electron chi connectivity index (χ0n) is 16.8. The van der Waals surface area contributed by atoms with Gasteiger partial charge in [-0.2, -0.15) is 8.78 Å². The molecule has 0 aromatic heterocycles. The Balaban J connectivity index is 2.10. The summed E-state index contributed by atoms with van der Waals surface area (Å²) in [5, 5.41) is 0. The van der Waals surface area contributed by atoms with E-state index in [2.05, 4.69) is 0 Å².